The van der Waals surface area contributed by atoms with Crippen LogP contribution in [0.25, 0.3) is 0 Å². The Labute approximate surface area is 262 Å². The summed E-state index contributed by atoms with van der Waals surface area (Å²) in [6.45, 7) is 2.43. The molecule has 46 heavy (non-hydrogen) atoms. The van der Waals surface area contributed by atoms with Gasteiger partial charge in [0.15, 0.2) is 0 Å². The van der Waals surface area contributed by atoms with Crippen molar-refractivity contribution in [1.82, 2.24) is 14.8 Å². The number of anilines is 2. The number of aromatic nitrogens is 1. The van der Waals surface area contributed by atoms with Crippen molar-refractivity contribution < 1.29 is 35.9 Å². The van der Waals surface area contributed by atoms with Crippen LogP contribution in [0.1, 0.15) is 53.5 Å². The van der Waals surface area contributed by atoms with Gasteiger partial charge in [-0.3, -0.25) is 14.5 Å². The van der Waals surface area contributed by atoms with Gasteiger partial charge in [0.2, 0.25) is 11.8 Å². The highest BCUT2D eigenvalue weighted by molar-refractivity contribution is 6.08. The van der Waals surface area contributed by atoms with Crippen molar-refractivity contribution in [3.05, 3.63) is 88.6 Å². The molecule has 1 spiro atoms. The van der Waals surface area contributed by atoms with Gasteiger partial charge in [0.25, 0.3) is 0 Å². The molecule has 2 N–H and O–H groups in total. The van der Waals surface area contributed by atoms with Gasteiger partial charge >= 0.3 is 12.4 Å². The number of hydrogen-bond acceptors (Lipinski definition) is 5. The Kier molecular flexibility index (Phi) is 8.24. The Bertz CT molecular complexity index is 1590. The maximum absolute atomic E-state index is 14.1. The summed E-state index contributed by atoms with van der Waals surface area (Å²) in [6, 6.07) is 12.0. The second-order valence-electron chi connectivity index (χ2n) is 12.4. The summed E-state index contributed by atoms with van der Waals surface area (Å²) in [5.41, 5.74) is 3.85. The highest BCUT2D eigenvalue weighted by Gasteiger charge is 2.52. The lowest BCUT2D eigenvalue weighted by molar-refractivity contribution is -0.143. The number of rotatable bonds is 5. The molecule has 4 heterocycles. The quantitative estimate of drug-likeness (QED) is 0.344. The van der Waals surface area contributed by atoms with Crippen molar-refractivity contribution in [3.8, 4) is 0 Å². The Balaban J connectivity index is 1.14. The summed E-state index contributed by atoms with van der Waals surface area (Å²) in [5.74, 6) is -0.0125. The van der Waals surface area contributed by atoms with Gasteiger partial charge in [-0.05, 0) is 91.9 Å². The van der Waals surface area contributed by atoms with E-state index in [-0.39, 0.29) is 29.4 Å². The van der Waals surface area contributed by atoms with Gasteiger partial charge in [0.05, 0.1) is 23.1 Å². The molecule has 0 saturated carbocycles. The standard InChI is InChI=1S/C33H33F6N5O2/c34-32(35,36)24-15-22(16-25(18-24)33(37,38)39)20-44-27-4-2-1-3-26(27)31(30(44)46)8-13-43(14-9-31)29(45)23-6-11-42(12-7-23)19-21-5-10-41-28(40)17-21/h1-5,10,15-18,23H,6-9,11-14,19-20H2,(H2,40,41). The van der Waals surface area contributed by atoms with Crippen LogP contribution in [0, 0.1) is 5.92 Å². The molecule has 0 unspecified atom stereocenters. The van der Waals surface area contributed by atoms with Crippen LogP contribution in [0.2, 0.25) is 0 Å². The minimum Gasteiger partial charge on any atom is -0.384 e. The number of piperidine rings is 2. The molecule has 1 aromatic heterocycles. The summed E-state index contributed by atoms with van der Waals surface area (Å²) in [4.78, 5) is 36.9. The maximum Gasteiger partial charge on any atom is 0.416 e. The van der Waals surface area contributed by atoms with E-state index in [1.807, 2.05) is 12.1 Å². The number of nitrogens with two attached hydrogens (primary N) is 1. The summed E-state index contributed by atoms with van der Waals surface area (Å²) in [7, 11) is 0. The van der Waals surface area contributed by atoms with Gasteiger partial charge in [-0.1, -0.05) is 18.2 Å². The summed E-state index contributed by atoms with van der Waals surface area (Å²) in [5, 5.41) is 0. The van der Waals surface area contributed by atoms with Crippen molar-refractivity contribution >= 4 is 23.3 Å². The number of nitrogen functional groups attached to an aromatic ring is 1. The van der Waals surface area contributed by atoms with Gasteiger partial charge < -0.3 is 15.5 Å². The molecule has 2 aromatic carbocycles. The molecule has 0 aliphatic carbocycles. The van der Waals surface area contributed by atoms with Crippen LogP contribution < -0.4 is 10.6 Å². The Morgan fingerprint density at radius 2 is 1.48 bits per heavy atom. The van der Waals surface area contributed by atoms with Crippen LogP contribution in [0.5, 0.6) is 0 Å². The average Bonchev–Trinajstić information content (AvgIpc) is 3.23. The van der Waals surface area contributed by atoms with E-state index in [9.17, 15) is 35.9 Å². The van der Waals surface area contributed by atoms with E-state index in [1.165, 1.54) is 4.90 Å². The van der Waals surface area contributed by atoms with E-state index in [2.05, 4.69) is 9.88 Å². The van der Waals surface area contributed by atoms with Gasteiger partial charge in [-0.15, -0.1) is 0 Å². The summed E-state index contributed by atoms with van der Waals surface area (Å²) < 4.78 is 81.1. The van der Waals surface area contributed by atoms with Crippen molar-refractivity contribution in [3.63, 3.8) is 0 Å². The van der Waals surface area contributed by atoms with Crippen LogP contribution in [0.15, 0.2) is 60.8 Å². The molecular formula is C33H33F6N5O2. The molecule has 7 nitrogen and oxygen atoms in total. The fourth-order valence-electron chi connectivity index (χ4n) is 7.09. The number of halogens is 6. The topological polar surface area (TPSA) is 82.8 Å². The number of nitrogens with zero attached hydrogens (tertiary/aromatic N) is 4. The number of amides is 2. The van der Waals surface area contributed by atoms with Crippen molar-refractivity contribution in [2.45, 2.75) is 56.5 Å². The molecule has 0 bridgehead atoms. The lowest BCUT2D eigenvalue weighted by atomic mass is 9.73. The minimum absolute atomic E-state index is 0.0434. The lowest BCUT2D eigenvalue weighted by Gasteiger charge is -2.41. The number of benzene rings is 2. The minimum atomic E-state index is -4.99. The van der Waals surface area contributed by atoms with Crippen molar-refractivity contribution in [2.75, 3.05) is 36.8 Å². The second-order valence-corrected chi connectivity index (χ2v) is 12.4. The summed E-state index contributed by atoms with van der Waals surface area (Å²) >= 11 is 0. The number of alkyl halides is 6. The zero-order valence-electron chi connectivity index (χ0n) is 24.9. The second kappa shape index (κ2) is 11.9. The van der Waals surface area contributed by atoms with Gasteiger partial charge in [-0.25, -0.2) is 4.98 Å². The number of para-hydroxylation sites is 1. The van der Waals surface area contributed by atoms with Gasteiger partial charge in [-0.2, -0.15) is 26.3 Å². The number of likely N-dealkylation sites (tertiary alicyclic amines) is 2. The zero-order valence-corrected chi connectivity index (χ0v) is 24.9. The fourth-order valence-corrected chi connectivity index (χ4v) is 7.09. The van der Waals surface area contributed by atoms with Crippen LogP contribution in [0.3, 0.4) is 0 Å². The van der Waals surface area contributed by atoms with Gasteiger partial charge in [0, 0.05) is 37.4 Å². The smallest absolute Gasteiger partial charge is 0.384 e. The largest absolute Gasteiger partial charge is 0.416 e. The first-order valence-corrected chi connectivity index (χ1v) is 15.2. The molecular weight excluding hydrogens is 612 g/mol. The number of carbonyl (C=O) groups is 2. The highest BCUT2D eigenvalue weighted by Crippen LogP contribution is 2.49. The molecule has 0 atom stereocenters. The van der Waals surface area contributed by atoms with Gasteiger partial charge in [0.1, 0.15) is 5.82 Å². The number of pyridine rings is 1. The molecule has 13 heteroatoms. The molecule has 3 aliphatic heterocycles. The highest BCUT2D eigenvalue weighted by atomic mass is 19.4. The third kappa shape index (κ3) is 6.16. The molecule has 6 rings (SSSR count). The Morgan fingerprint density at radius 1 is 0.848 bits per heavy atom. The van der Waals surface area contributed by atoms with Crippen LogP contribution in [0.4, 0.5) is 37.8 Å². The van der Waals surface area contributed by atoms with E-state index < -0.39 is 35.4 Å². The normalized spacial score (nSPS) is 19.1. The maximum atomic E-state index is 14.1. The number of fused-ring (bicyclic) bond motifs is 2. The first kappa shape index (κ1) is 31.8. The molecule has 2 fully saturated rings. The first-order chi connectivity index (χ1) is 21.7. The Morgan fingerprint density at radius 3 is 2.09 bits per heavy atom. The zero-order chi connectivity index (χ0) is 32.9. The lowest BCUT2D eigenvalue weighted by Crippen LogP contribution is -2.52. The fraction of sp³-hybridized carbons (Fsp3) is 0.424. The molecule has 3 aliphatic rings. The Hall–Kier alpha value is -4.13. The van der Waals surface area contributed by atoms with E-state index >= 15 is 0 Å². The molecule has 2 saturated heterocycles. The third-order valence-corrected chi connectivity index (χ3v) is 9.47. The van der Waals surface area contributed by atoms with Crippen LogP contribution in [-0.4, -0.2) is 52.8 Å². The van der Waals surface area contributed by atoms with E-state index in [0.717, 1.165) is 25.2 Å². The van der Waals surface area contributed by atoms with Crippen molar-refractivity contribution in [2.24, 2.45) is 5.92 Å². The SMILES string of the molecule is Nc1cc(CN2CCC(C(=O)N3CCC4(CC3)C(=O)N(Cc3cc(C(F)(F)F)cc(C(F)(F)F)c3)c3ccccc34)CC2)ccn1. The van der Waals surface area contributed by atoms with Crippen LogP contribution >= 0.6 is 0 Å². The number of carbonyl (C=O) groups excluding carboxylic acids is 2. The van der Waals surface area contributed by atoms with E-state index in [1.54, 1.807) is 35.4 Å². The predicted octanol–water partition coefficient (Wildman–Crippen LogP) is 6.02. The molecule has 3 aromatic rings. The van der Waals surface area contributed by atoms with Crippen molar-refractivity contribution in [1.29, 1.82) is 0 Å². The predicted molar refractivity (Wildman–Crippen MR) is 158 cm³/mol. The monoisotopic (exact) mass is 645 g/mol. The van der Waals surface area contributed by atoms with E-state index in [0.29, 0.717) is 68.0 Å². The van der Waals surface area contributed by atoms with E-state index in [4.69, 9.17) is 5.73 Å². The third-order valence-electron chi connectivity index (χ3n) is 9.47. The molecule has 2 amide bonds. The molecule has 244 valence electrons. The molecule has 0 radical (unpaired) electrons. The average molecular weight is 646 g/mol. The van der Waals surface area contributed by atoms with Crippen LogP contribution in [-0.2, 0) is 40.4 Å². The summed E-state index contributed by atoms with van der Waals surface area (Å²) in [6.07, 6.45) is -6.29. The first-order valence-electron chi connectivity index (χ1n) is 15.2. The number of hydrogen-bond donors (Lipinski definition) is 1.